The van der Waals surface area contributed by atoms with E-state index in [1.54, 1.807) is 6.07 Å². The molecule has 0 N–H and O–H groups in total. The lowest BCUT2D eigenvalue weighted by molar-refractivity contribution is 0.669. The minimum atomic E-state index is 0.396. The first-order valence-electron chi connectivity index (χ1n) is 22.1. The van der Waals surface area contributed by atoms with Gasteiger partial charge >= 0.3 is 0 Å². The van der Waals surface area contributed by atoms with Gasteiger partial charge in [-0.05, 0) is 142 Å². The highest BCUT2D eigenvalue weighted by atomic mass is 16.3. The molecule has 0 aliphatic heterocycles. The van der Waals surface area contributed by atoms with Crippen LogP contribution in [0.1, 0.15) is 0 Å². The molecule has 66 heavy (non-hydrogen) atoms. The molecule has 0 saturated heterocycles. The topological polar surface area (TPSA) is 65.6 Å². The summed E-state index contributed by atoms with van der Waals surface area (Å²) >= 11 is 0. The van der Waals surface area contributed by atoms with Crippen molar-refractivity contribution >= 4 is 93.2 Å². The zero-order valence-corrected chi connectivity index (χ0v) is 35.3. The summed E-state index contributed by atoms with van der Waals surface area (Å²) in [5, 5.41) is 12.3. The second-order valence-corrected chi connectivity index (χ2v) is 17.1. The van der Waals surface area contributed by atoms with Gasteiger partial charge in [0.15, 0.2) is 0 Å². The fourth-order valence-corrected chi connectivity index (χ4v) is 10.5. The van der Waals surface area contributed by atoms with Crippen molar-refractivity contribution in [3.63, 3.8) is 0 Å². The number of aromatic nitrogens is 2. The number of para-hydroxylation sites is 4. The molecule has 0 aliphatic carbocycles. The predicted molar refractivity (Wildman–Crippen MR) is 271 cm³/mol. The number of fused-ring (bicyclic) bond motifs is 12. The van der Waals surface area contributed by atoms with E-state index in [9.17, 15) is 4.91 Å². The first-order chi connectivity index (χ1) is 32.6. The van der Waals surface area contributed by atoms with E-state index in [1.165, 1.54) is 0 Å². The third-order valence-electron chi connectivity index (χ3n) is 13.5. The highest BCUT2D eigenvalue weighted by Gasteiger charge is 2.21. The van der Waals surface area contributed by atoms with Crippen LogP contribution < -0.4 is 0 Å². The van der Waals surface area contributed by atoms with Gasteiger partial charge in [0.05, 0.1) is 22.1 Å². The lowest BCUT2D eigenvalue weighted by Crippen LogP contribution is -1.93. The molecule has 308 valence electrons. The minimum Gasteiger partial charge on any atom is -0.456 e. The number of hydrogen-bond acceptors (Lipinski definition) is 4. The van der Waals surface area contributed by atoms with Gasteiger partial charge in [-0.25, -0.2) is 0 Å². The van der Waals surface area contributed by atoms with Crippen LogP contribution >= 0.6 is 0 Å². The van der Waals surface area contributed by atoms with E-state index in [0.29, 0.717) is 5.69 Å². The van der Waals surface area contributed by atoms with E-state index in [-0.39, 0.29) is 0 Å². The van der Waals surface area contributed by atoms with Crippen LogP contribution in [-0.2, 0) is 0 Å². The Balaban J connectivity index is 1.01. The molecule has 6 heteroatoms. The molecule has 0 spiro atoms. The highest BCUT2D eigenvalue weighted by molar-refractivity contribution is 6.19. The first-order valence-corrected chi connectivity index (χ1v) is 22.1. The molecule has 14 rings (SSSR count). The van der Waals surface area contributed by atoms with Crippen molar-refractivity contribution in [2.45, 2.75) is 0 Å². The van der Waals surface area contributed by atoms with Crippen molar-refractivity contribution in [1.29, 1.82) is 0 Å². The van der Waals surface area contributed by atoms with Gasteiger partial charge in [-0.15, -0.1) is 4.91 Å². The molecule has 4 aromatic heterocycles. The average Bonchev–Trinajstić information content (AvgIpc) is 4.12. The Morgan fingerprint density at radius 1 is 0.303 bits per heavy atom. The monoisotopic (exact) mass is 845 g/mol. The summed E-state index contributed by atoms with van der Waals surface area (Å²) in [6.07, 6.45) is 0. The maximum absolute atomic E-state index is 12.3. The maximum Gasteiger partial charge on any atom is 0.136 e. The van der Waals surface area contributed by atoms with Crippen molar-refractivity contribution in [3.8, 4) is 44.8 Å². The van der Waals surface area contributed by atoms with E-state index >= 15 is 0 Å². The fourth-order valence-electron chi connectivity index (χ4n) is 10.5. The molecule has 0 amide bonds. The molecule has 14 aromatic rings. The van der Waals surface area contributed by atoms with Crippen LogP contribution in [0, 0.1) is 4.91 Å². The van der Waals surface area contributed by atoms with Gasteiger partial charge in [-0.2, -0.15) is 0 Å². The van der Waals surface area contributed by atoms with Crippen LogP contribution in [-0.4, -0.2) is 9.13 Å². The molecule has 4 heterocycles. The summed E-state index contributed by atoms with van der Waals surface area (Å²) in [6.45, 7) is 0. The van der Waals surface area contributed by atoms with Crippen LogP contribution in [0.15, 0.2) is 226 Å². The molecule has 0 aliphatic rings. The minimum absolute atomic E-state index is 0.396. The summed E-state index contributed by atoms with van der Waals surface area (Å²) in [7, 11) is 0. The normalized spacial score (nSPS) is 12.0. The predicted octanol–water partition coefficient (Wildman–Crippen LogP) is 17.1. The van der Waals surface area contributed by atoms with E-state index in [2.05, 4.69) is 178 Å². The molecule has 10 aromatic carbocycles. The van der Waals surface area contributed by atoms with Crippen molar-refractivity contribution in [2.24, 2.45) is 5.18 Å². The number of rotatable bonds is 6. The van der Waals surface area contributed by atoms with Crippen LogP contribution in [0.4, 0.5) is 5.69 Å². The van der Waals surface area contributed by atoms with Crippen molar-refractivity contribution in [2.75, 3.05) is 0 Å². The number of furan rings is 2. The van der Waals surface area contributed by atoms with Crippen molar-refractivity contribution in [1.82, 2.24) is 9.13 Å². The Morgan fingerprint density at radius 3 is 1.26 bits per heavy atom. The number of nitrogens with zero attached hydrogens (tertiary/aromatic N) is 3. The summed E-state index contributed by atoms with van der Waals surface area (Å²) in [4.78, 5) is 12.3. The Hall–Kier alpha value is -9.00. The lowest BCUT2D eigenvalue weighted by Gasteiger charge is -2.13. The number of benzene rings is 10. The average molecular weight is 846 g/mol. The Kier molecular flexibility index (Phi) is 7.74. The molecule has 0 fully saturated rings. The third-order valence-corrected chi connectivity index (χ3v) is 13.5. The van der Waals surface area contributed by atoms with Crippen LogP contribution in [0.25, 0.3) is 132 Å². The van der Waals surface area contributed by atoms with E-state index < -0.39 is 0 Å². The molecule has 0 saturated carbocycles. The van der Waals surface area contributed by atoms with E-state index in [1.807, 2.05) is 42.5 Å². The molecule has 0 unspecified atom stereocenters. The van der Waals surface area contributed by atoms with Gasteiger partial charge in [-0.3, -0.25) is 0 Å². The van der Waals surface area contributed by atoms with Crippen molar-refractivity contribution in [3.05, 3.63) is 217 Å². The van der Waals surface area contributed by atoms with Gasteiger partial charge in [-0.1, -0.05) is 103 Å². The highest BCUT2D eigenvalue weighted by Crippen LogP contribution is 2.44. The number of nitroso groups, excluding NO2 is 1. The molecule has 0 bridgehead atoms. The van der Waals surface area contributed by atoms with E-state index in [4.69, 9.17) is 8.83 Å². The zero-order chi connectivity index (χ0) is 43.5. The van der Waals surface area contributed by atoms with Crippen LogP contribution in [0.3, 0.4) is 0 Å². The second kappa shape index (κ2) is 14.0. The molecule has 0 radical (unpaired) electrons. The van der Waals surface area contributed by atoms with Crippen LogP contribution in [0.5, 0.6) is 0 Å². The number of hydrogen-bond donors (Lipinski definition) is 0. The van der Waals surface area contributed by atoms with Gasteiger partial charge in [0.1, 0.15) is 28.0 Å². The first kappa shape index (κ1) is 36.5. The maximum atomic E-state index is 12.3. The van der Waals surface area contributed by atoms with E-state index in [0.717, 1.165) is 132 Å². The Labute approximate surface area is 376 Å². The molecular formula is C60H35N3O3. The van der Waals surface area contributed by atoms with Gasteiger partial charge in [0.2, 0.25) is 0 Å². The SMILES string of the molecule is O=Nc1ccccc1-c1cc(-c2ccc3c(c2)c2cc4oc5ccccc5c4cc2n3-c2ccccc2)cc(-c2ccc3c(c2)c2cc4oc5ccccc5c4cc2n3-c2ccccc2)c1. The summed E-state index contributed by atoms with van der Waals surface area (Å²) in [5.41, 5.74) is 16.3. The van der Waals surface area contributed by atoms with Gasteiger partial charge in [0, 0.05) is 60.0 Å². The Bertz CT molecular complexity index is 4050. The van der Waals surface area contributed by atoms with Gasteiger partial charge in [0.25, 0.3) is 0 Å². The van der Waals surface area contributed by atoms with Crippen LogP contribution in [0.2, 0.25) is 0 Å². The van der Waals surface area contributed by atoms with Crippen molar-refractivity contribution < 1.29 is 8.83 Å². The largest absolute Gasteiger partial charge is 0.456 e. The Morgan fingerprint density at radius 2 is 0.742 bits per heavy atom. The molecular weight excluding hydrogens is 811 g/mol. The standard InChI is InChI=1S/C60H35N3O3/c64-61-52-20-10-7-17-43(52)40-28-38(36-23-25-53-46(30-36)48-34-59-50(44-18-8-11-21-57(44)65-59)32-55(48)62(53)41-13-3-1-4-14-41)27-39(29-40)37-24-26-54-47(31-37)49-35-60-51(45-19-9-12-22-58(45)66-60)33-56(49)63(54)42-15-5-2-6-16-42/h1-35H. The second-order valence-electron chi connectivity index (χ2n) is 17.1. The summed E-state index contributed by atoms with van der Waals surface area (Å²) in [5.74, 6) is 0. The molecule has 0 atom stereocenters. The molecule has 6 nitrogen and oxygen atoms in total. The lowest BCUT2D eigenvalue weighted by atomic mass is 9.92. The smallest absolute Gasteiger partial charge is 0.136 e. The fraction of sp³-hybridized carbons (Fsp3) is 0. The van der Waals surface area contributed by atoms with Gasteiger partial charge < -0.3 is 18.0 Å². The zero-order valence-electron chi connectivity index (χ0n) is 35.3. The summed E-state index contributed by atoms with van der Waals surface area (Å²) < 4.78 is 17.6. The summed E-state index contributed by atoms with van der Waals surface area (Å²) in [6, 6.07) is 74.2. The third kappa shape index (κ3) is 5.42. The quantitative estimate of drug-likeness (QED) is 0.157.